The molecule has 0 amide bonds. The molecule has 0 unspecified atom stereocenters. The first-order valence-corrected chi connectivity index (χ1v) is 13.7. The van der Waals surface area contributed by atoms with Crippen LogP contribution in [0.5, 0.6) is 0 Å². The van der Waals surface area contributed by atoms with Crippen LogP contribution in [0.3, 0.4) is 0 Å². The van der Waals surface area contributed by atoms with Gasteiger partial charge in [0.15, 0.2) is 0 Å². The van der Waals surface area contributed by atoms with Gasteiger partial charge >= 0.3 is 7.12 Å². The van der Waals surface area contributed by atoms with E-state index in [9.17, 15) is 0 Å². The molecule has 1 aliphatic heterocycles. The van der Waals surface area contributed by atoms with Crippen molar-refractivity contribution in [2.75, 3.05) is 0 Å². The van der Waals surface area contributed by atoms with Gasteiger partial charge in [0.05, 0.1) is 11.2 Å². The molecular weight excluding hydrogens is 439 g/mol. The summed E-state index contributed by atoms with van der Waals surface area (Å²) >= 11 is 0. The fourth-order valence-electron chi connectivity index (χ4n) is 7.32. The molecule has 0 bridgehead atoms. The summed E-state index contributed by atoms with van der Waals surface area (Å²) in [5.74, 6) is 0. The van der Waals surface area contributed by atoms with Crippen molar-refractivity contribution in [1.82, 2.24) is 0 Å². The number of benzene rings is 2. The van der Waals surface area contributed by atoms with Crippen molar-refractivity contribution >= 4 is 18.7 Å². The van der Waals surface area contributed by atoms with E-state index < -0.39 is 0 Å². The van der Waals surface area contributed by atoms with Crippen molar-refractivity contribution in [2.45, 2.75) is 95.7 Å². The standard InChI is InChI=1S/C33H39BO2/c1-8-9-14-22-21-24-25(33(22)19-11-10-12-20-33)17-18-26-28(24)23-15-13-16-27(29(23)30(26,2)3)34-35-31(4,5)32(6,7)36-34/h8-9,13-18,21H,1,10-12,19-20H2,2-7H3/b14-9-. The third kappa shape index (κ3) is 3.12. The van der Waals surface area contributed by atoms with Crippen LogP contribution < -0.4 is 5.46 Å². The second-order valence-electron chi connectivity index (χ2n) is 12.8. The Balaban J connectivity index is 1.56. The highest BCUT2D eigenvalue weighted by Gasteiger charge is 2.54. The molecule has 1 heterocycles. The molecule has 6 rings (SSSR count). The Hall–Kier alpha value is -2.36. The van der Waals surface area contributed by atoms with Gasteiger partial charge in [0.1, 0.15) is 0 Å². The van der Waals surface area contributed by atoms with Gasteiger partial charge < -0.3 is 9.31 Å². The van der Waals surface area contributed by atoms with Crippen molar-refractivity contribution in [2.24, 2.45) is 0 Å². The monoisotopic (exact) mass is 478 g/mol. The molecule has 36 heavy (non-hydrogen) atoms. The van der Waals surface area contributed by atoms with E-state index in [1.807, 2.05) is 6.08 Å². The van der Waals surface area contributed by atoms with Gasteiger partial charge in [-0.2, -0.15) is 0 Å². The molecule has 2 fully saturated rings. The second-order valence-corrected chi connectivity index (χ2v) is 12.8. The molecule has 0 aromatic heterocycles. The maximum Gasteiger partial charge on any atom is 0.495 e. The summed E-state index contributed by atoms with van der Waals surface area (Å²) in [5.41, 5.74) is 10.4. The van der Waals surface area contributed by atoms with Crippen molar-refractivity contribution in [3.05, 3.63) is 83.0 Å². The molecule has 2 nitrogen and oxygen atoms in total. The van der Waals surface area contributed by atoms with E-state index in [0.717, 1.165) is 0 Å². The number of allylic oxidation sites excluding steroid dienone is 4. The Morgan fingerprint density at radius 1 is 0.861 bits per heavy atom. The zero-order chi connectivity index (χ0) is 25.5. The molecule has 1 saturated heterocycles. The van der Waals surface area contributed by atoms with Crippen LogP contribution in [0, 0.1) is 0 Å². The largest absolute Gasteiger partial charge is 0.495 e. The molecule has 1 saturated carbocycles. The lowest BCUT2D eigenvalue weighted by molar-refractivity contribution is 0.00578. The molecule has 0 N–H and O–H groups in total. The molecule has 4 aliphatic rings. The minimum atomic E-state index is -0.363. The van der Waals surface area contributed by atoms with Crippen molar-refractivity contribution in [1.29, 1.82) is 0 Å². The molecule has 186 valence electrons. The number of hydrogen-bond donors (Lipinski definition) is 0. The topological polar surface area (TPSA) is 18.5 Å². The van der Waals surface area contributed by atoms with Gasteiger partial charge in [-0.25, -0.2) is 0 Å². The van der Waals surface area contributed by atoms with Crippen LogP contribution in [0.15, 0.2) is 60.7 Å². The highest BCUT2D eigenvalue weighted by atomic mass is 16.7. The van der Waals surface area contributed by atoms with Crippen molar-refractivity contribution in [3.63, 3.8) is 0 Å². The summed E-state index contributed by atoms with van der Waals surface area (Å²) in [6.07, 6.45) is 15.2. The molecule has 1 spiro atoms. The Morgan fingerprint density at radius 3 is 2.19 bits per heavy atom. The third-order valence-corrected chi connectivity index (χ3v) is 9.90. The molecule has 0 atom stereocenters. The summed E-state index contributed by atoms with van der Waals surface area (Å²) in [7, 11) is -0.363. The van der Waals surface area contributed by atoms with E-state index in [1.165, 1.54) is 76.5 Å². The van der Waals surface area contributed by atoms with Crippen LogP contribution >= 0.6 is 0 Å². The predicted octanol–water partition coefficient (Wildman–Crippen LogP) is 7.63. The van der Waals surface area contributed by atoms with Gasteiger partial charge in [-0.15, -0.1) is 0 Å². The Labute approximate surface area is 217 Å². The van der Waals surface area contributed by atoms with Gasteiger partial charge in [0.2, 0.25) is 0 Å². The summed E-state index contributed by atoms with van der Waals surface area (Å²) < 4.78 is 13.1. The molecule has 3 heteroatoms. The lowest BCUT2D eigenvalue weighted by Crippen LogP contribution is -2.41. The first-order valence-electron chi connectivity index (χ1n) is 13.7. The summed E-state index contributed by atoms with van der Waals surface area (Å²) in [4.78, 5) is 0. The van der Waals surface area contributed by atoms with Gasteiger partial charge in [-0.3, -0.25) is 0 Å². The lowest BCUT2D eigenvalue weighted by atomic mass is 9.66. The van der Waals surface area contributed by atoms with Crippen LogP contribution in [0.25, 0.3) is 17.2 Å². The normalized spacial score (nSPS) is 24.1. The highest BCUT2D eigenvalue weighted by molar-refractivity contribution is 6.63. The highest BCUT2D eigenvalue weighted by Crippen LogP contribution is 2.58. The predicted molar refractivity (Wildman–Crippen MR) is 152 cm³/mol. The third-order valence-electron chi connectivity index (χ3n) is 9.90. The molecule has 0 radical (unpaired) electrons. The average molecular weight is 478 g/mol. The fraction of sp³-hybridized carbons (Fsp3) is 0.455. The number of hydrogen-bond acceptors (Lipinski definition) is 2. The molecule has 2 aromatic rings. The average Bonchev–Trinajstić information content (AvgIpc) is 3.35. The number of rotatable bonds is 3. The maximum atomic E-state index is 6.56. The van der Waals surface area contributed by atoms with E-state index in [-0.39, 0.29) is 29.2 Å². The van der Waals surface area contributed by atoms with Crippen LogP contribution in [0.2, 0.25) is 0 Å². The van der Waals surface area contributed by atoms with Gasteiger partial charge in [0.25, 0.3) is 0 Å². The fourth-order valence-corrected chi connectivity index (χ4v) is 7.32. The quantitative estimate of drug-likeness (QED) is 0.334. The minimum absolute atomic E-state index is 0.132. The first-order chi connectivity index (χ1) is 17.0. The van der Waals surface area contributed by atoms with E-state index in [0.29, 0.717) is 0 Å². The SMILES string of the molecule is C=C/C=C\C1=Cc2c(ccc3c2-c2cccc(B4OC(C)(C)C(C)(C)O4)c2C3(C)C)C12CCCCC2. The van der Waals surface area contributed by atoms with Crippen LogP contribution in [0.4, 0.5) is 0 Å². The second kappa shape index (κ2) is 7.82. The first kappa shape index (κ1) is 24.0. The van der Waals surface area contributed by atoms with Crippen molar-refractivity contribution < 1.29 is 9.31 Å². The van der Waals surface area contributed by atoms with E-state index in [1.54, 1.807) is 0 Å². The van der Waals surface area contributed by atoms with Crippen LogP contribution in [0.1, 0.15) is 95.9 Å². The summed E-state index contributed by atoms with van der Waals surface area (Å²) in [6, 6.07) is 11.6. The summed E-state index contributed by atoms with van der Waals surface area (Å²) in [6.45, 7) is 17.2. The smallest absolute Gasteiger partial charge is 0.399 e. The van der Waals surface area contributed by atoms with E-state index >= 15 is 0 Å². The van der Waals surface area contributed by atoms with Gasteiger partial charge in [0, 0.05) is 10.8 Å². The minimum Gasteiger partial charge on any atom is -0.399 e. The zero-order valence-electron chi connectivity index (χ0n) is 22.8. The Kier molecular flexibility index (Phi) is 5.22. The zero-order valence-corrected chi connectivity index (χ0v) is 22.8. The van der Waals surface area contributed by atoms with Crippen molar-refractivity contribution in [3.8, 4) is 11.1 Å². The van der Waals surface area contributed by atoms with Gasteiger partial charge in [-0.05, 0) is 91.0 Å². The van der Waals surface area contributed by atoms with E-state index in [2.05, 4.69) is 96.7 Å². The maximum absolute atomic E-state index is 6.56. The number of fused-ring (bicyclic) bond motifs is 6. The van der Waals surface area contributed by atoms with Crippen LogP contribution in [-0.2, 0) is 20.1 Å². The summed E-state index contributed by atoms with van der Waals surface area (Å²) in [5, 5.41) is 0. The Bertz CT molecular complexity index is 1300. The van der Waals surface area contributed by atoms with E-state index in [4.69, 9.17) is 9.31 Å². The Morgan fingerprint density at radius 2 is 1.53 bits per heavy atom. The molecule has 3 aliphatic carbocycles. The molecule has 2 aromatic carbocycles. The lowest BCUT2D eigenvalue weighted by Gasteiger charge is -2.37. The van der Waals surface area contributed by atoms with Gasteiger partial charge in [-0.1, -0.05) is 88.2 Å². The molecular formula is C33H39BO2. The van der Waals surface area contributed by atoms with Crippen LogP contribution in [-0.4, -0.2) is 18.3 Å².